The van der Waals surface area contributed by atoms with E-state index in [1.54, 1.807) is 0 Å². The van der Waals surface area contributed by atoms with E-state index in [4.69, 9.17) is 0 Å². The van der Waals surface area contributed by atoms with Crippen molar-refractivity contribution < 1.29 is 13.2 Å². The highest BCUT2D eigenvalue weighted by atomic mass is 32.2. The van der Waals surface area contributed by atoms with Crippen LogP contribution in [0.1, 0.15) is 30.9 Å². The van der Waals surface area contributed by atoms with E-state index in [1.165, 1.54) is 38.4 Å². The van der Waals surface area contributed by atoms with Gasteiger partial charge < -0.3 is 5.32 Å². The molecule has 0 bridgehead atoms. The fourth-order valence-electron chi connectivity index (χ4n) is 3.47. The lowest BCUT2D eigenvalue weighted by Gasteiger charge is -2.16. The van der Waals surface area contributed by atoms with Crippen molar-refractivity contribution in [3.63, 3.8) is 0 Å². The number of nitrogens with one attached hydrogen (secondary N) is 1. The van der Waals surface area contributed by atoms with Gasteiger partial charge in [0.15, 0.2) is 9.84 Å². The van der Waals surface area contributed by atoms with Gasteiger partial charge in [-0.2, -0.15) is 0 Å². The van der Waals surface area contributed by atoms with E-state index in [0.717, 1.165) is 29.5 Å². The average molecular weight is 401 g/mol. The normalized spacial score (nSPS) is 16.1. The molecule has 1 atom stereocenters. The lowest BCUT2D eigenvalue weighted by Crippen LogP contribution is -2.37. The Bertz CT molecular complexity index is 917. The molecule has 0 aliphatic carbocycles. The van der Waals surface area contributed by atoms with E-state index < -0.39 is 21.0 Å². The van der Waals surface area contributed by atoms with Gasteiger partial charge in [-0.1, -0.05) is 48.5 Å². The van der Waals surface area contributed by atoms with Crippen molar-refractivity contribution in [3.8, 4) is 11.1 Å². The molecule has 1 aliphatic rings. The standard InChI is InChI=1S/C22H28N2O3S/c1-17(28(2,26)27)22(25)23-15-20-7-3-4-8-21(20)19-11-9-18(10-12-19)16-24-13-5-6-14-24/h3-4,7-12,17H,5-6,13-16H2,1-2H3,(H,23,25). The first kappa shape index (κ1) is 20.6. The molecule has 0 aromatic heterocycles. The minimum Gasteiger partial charge on any atom is -0.351 e. The summed E-state index contributed by atoms with van der Waals surface area (Å²) in [6.07, 6.45) is 3.65. The van der Waals surface area contributed by atoms with Crippen LogP contribution in [-0.4, -0.2) is 43.8 Å². The number of rotatable bonds is 7. The fraction of sp³-hybridized carbons (Fsp3) is 0.409. The molecule has 1 heterocycles. The second-order valence-corrected chi connectivity index (χ2v) is 9.89. The summed E-state index contributed by atoms with van der Waals surface area (Å²) in [5.41, 5.74) is 4.40. The number of likely N-dealkylation sites (tertiary alicyclic amines) is 1. The van der Waals surface area contributed by atoms with Crippen molar-refractivity contribution in [3.05, 3.63) is 59.7 Å². The summed E-state index contributed by atoms with van der Waals surface area (Å²) in [5.74, 6) is -0.474. The summed E-state index contributed by atoms with van der Waals surface area (Å²) in [4.78, 5) is 14.6. The van der Waals surface area contributed by atoms with Gasteiger partial charge in [-0.25, -0.2) is 8.42 Å². The van der Waals surface area contributed by atoms with Crippen molar-refractivity contribution >= 4 is 15.7 Å². The molecule has 1 amide bonds. The van der Waals surface area contributed by atoms with Crippen molar-refractivity contribution in [2.75, 3.05) is 19.3 Å². The number of hydrogen-bond donors (Lipinski definition) is 1. The van der Waals surface area contributed by atoms with E-state index in [0.29, 0.717) is 6.54 Å². The highest BCUT2D eigenvalue weighted by Crippen LogP contribution is 2.25. The Morgan fingerprint density at radius 1 is 1.07 bits per heavy atom. The Morgan fingerprint density at radius 3 is 2.36 bits per heavy atom. The Labute approximate surface area is 167 Å². The second kappa shape index (κ2) is 8.88. The molecule has 1 fully saturated rings. The zero-order valence-electron chi connectivity index (χ0n) is 16.5. The zero-order chi connectivity index (χ0) is 20.1. The van der Waals surface area contributed by atoms with E-state index >= 15 is 0 Å². The van der Waals surface area contributed by atoms with Crippen LogP contribution in [0.25, 0.3) is 11.1 Å². The summed E-state index contributed by atoms with van der Waals surface area (Å²) < 4.78 is 23.1. The van der Waals surface area contributed by atoms with Gasteiger partial charge in [0, 0.05) is 19.3 Å². The van der Waals surface area contributed by atoms with Crippen LogP contribution in [0.3, 0.4) is 0 Å². The maximum absolute atomic E-state index is 12.1. The van der Waals surface area contributed by atoms with Crippen LogP contribution in [0, 0.1) is 0 Å². The van der Waals surface area contributed by atoms with Gasteiger partial charge in [-0.15, -0.1) is 0 Å². The molecule has 1 N–H and O–H groups in total. The summed E-state index contributed by atoms with van der Waals surface area (Å²) >= 11 is 0. The molecule has 2 aromatic carbocycles. The van der Waals surface area contributed by atoms with Crippen LogP contribution in [0.5, 0.6) is 0 Å². The molecule has 1 unspecified atom stereocenters. The Kier molecular flexibility index (Phi) is 6.52. The molecule has 2 aromatic rings. The molecule has 150 valence electrons. The number of sulfone groups is 1. The number of hydrogen-bond acceptors (Lipinski definition) is 4. The van der Waals surface area contributed by atoms with E-state index in [-0.39, 0.29) is 0 Å². The van der Waals surface area contributed by atoms with Crippen molar-refractivity contribution in [2.45, 2.75) is 38.1 Å². The number of benzene rings is 2. The fourth-order valence-corrected chi connectivity index (χ4v) is 3.94. The van der Waals surface area contributed by atoms with Gasteiger partial charge in [0.2, 0.25) is 5.91 Å². The zero-order valence-corrected chi connectivity index (χ0v) is 17.3. The first-order chi connectivity index (χ1) is 13.3. The maximum Gasteiger partial charge on any atom is 0.238 e. The smallest absolute Gasteiger partial charge is 0.238 e. The minimum atomic E-state index is -3.40. The molecule has 28 heavy (non-hydrogen) atoms. The molecule has 5 nitrogen and oxygen atoms in total. The van der Waals surface area contributed by atoms with Gasteiger partial charge in [0.25, 0.3) is 0 Å². The molecular weight excluding hydrogens is 372 g/mol. The van der Waals surface area contributed by atoms with E-state index in [9.17, 15) is 13.2 Å². The summed E-state index contributed by atoms with van der Waals surface area (Å²) in [6, 6.07) is 16.4. The number of carbonyl (C=O) groups excluding carboxylic acids is 1. The predicted octanol–water partition coefficient (Wildman–Crippen LogP) is 3.00. The summed E-state index contributed by atoms with van der Waals surface area (Å²) in [7, 11) is -3.40. The Balaban J connectivity index is 1.70. The average Bonchev–Trinajstić information content (AvgIpc) is 3.19. The number of nitrogens with zero attached hydrogens (tertiary/aromatic N) is 1. The van der Waals surface area contributed by atoms with Crippen molar-refractivity contribution in [2.24, 2.45) is 0 Å². The Morgan fingerprint density at radius 2 is 1.71 bits per heavy atom. The highest BCUT2D eigenvalue weighted by molar-refractivity contribution is 7.92. The first-order valence-electron chi connectivity index (χ1n) is 9.71. The number of amides is 1. The van der Waals surface area contributed by atoms with Crippen molar-refractivity contribution in [1.82, 2.24) is 10.2 Å². The maximum atomic E-state index is 12.1. The van der Waals surface area contributed by atoms with Gasteiger partial charge in [0.05, 0.1) is 0 Å². The second-order valence-electron chi connectivity index (χ2n) is 7.53. The summed E-state index contributed by atoms with van der Waals surface area (Å²) in [6.45, 7) is 5.05. The molecule has 6 heteroatoms. The van der Waals surface area contributed by atoms with Crippen LogP contribution < -0.4 is 5.32 Å². The van der Waals surface area contributed by atoms with Gasteiger partial charge in [0.1, 0.15) is 5.25 Å². The molecule has 0 radical (unpaired) electrons. The molecular formula is C22H28N2O3S. The third-order valence-corrected chi connectivity index (χ3v) is 6.85. The summed E-state index contributed by atoms with van der Waals surface area (Å²) in [5, 5.41) is 1.70. The van der Waals surface area contributed by atoms with Crippen LogP contribution in [-0.2, 0) is 27.7 Å². The monoisotopic (exact) mass is 400 g/mol. The number of carbonyl (C=O) groups is 1. The van der Waals surface area contributed by atoms with E-state index in [1.807, 2.05) is 24.3 Å². The van der Waals surface area contributed by atoms with Crippen molar-refractivity contribution in [1.29, 1.82) is 0 Å². The third kappa shape index (κ3) is 5.20. The van der Waals surface area contributed by atoms with Gasteiger partial charge in [-0.3, -0.25) is 9.69 Å². The molecule has 0 saturated carbocycles. The molecule has 3 rings (SSSR count). The van der Waals surface area contributed by atoms with E-state index in [2.05, 4.69) is 34.5 Å². The largest absolute Gasteiger partial charge is 0.351 e. The van der Waals surface area contributed by atoms with Crippen LogP contribution in [0.2, 0.25) is 0 Å². The first-order valence-corrected chi connectivity index (χ1v) is 11.7. The van der Waals surface area contributed by atoms with Gasteiger partial charge in [-0.05, 0) is 55.1 Å². The van der Waals surface area contributed by atoms with Crippen LogP contribution in [0.4, 0.5) is 0 Å². The molecule has 1 aliphatic heterocycles. The predicted molar refractivity (Wildman–Crippen MR) is 113 cm³/mol. The SMILES string of the molecule is CC(C(=O)NCc1ccccc1-c1ccc(CN2CCCC2)cc1)S(C)(=O)=O. The Hall–Kier alpha value is -2.18. The van der Waals surface area contributed by atoms with Crippen LogP contribution in [0.15, 0.2) is 48.5 Å². The lowest BCUT2D eigenvalue weighted by molar-refractivity contribution is -0.120. The molecule has 0 spiro atoms. The topological polar surface area (TPSA) is 66.5 Å². The quantitative estimate of drug-likeness (QED) is 0.776. The molecule has 1 saturated heterocycles. The minimum absolute atomic E-state index is 0.296. The third-order valence-electron chi connectivity index (χ3n) is 5.35. The highest BCUT2D eigenvalue weighted by Gasteiger charge is 2.23. The van der Waals surface area contributed by atoms with Crippen LogP contribution >= 0.6 is 0 Å². The van der Waals surface area contributed by atoms with Gasteiger partial charge >= 0.3 is 0 Å². The lowest BCUT2D eigenvalue weighted by atomic mass is 9.98.